The Kier molecular flexibility index (Phi) is 4.53. The lowest BCUT2D eigenvalue weighted by molar-refractivity contribution is -0.137. The third-order valence-corrected chi connectivity index (χ3v) is 6.38. The Morgan fingerprint density at radius 1 is 1.03 bits per heavy atom. The number of imidazole rings is 1. The molecule has 0 aliphatic carbocycles. The van der Waals surface area contributed by atoms with Crippen LogP contribution in [-0.2, 0) is 23.1 Å². The number of alkyl halides is 3. The van der Waals surface area contributed by atoms with E-state index in [1.54, 1.807) is 30.8 Å². The van der Waals surface area contributed by atoms with Gasteiger partial charge in [-0.1, -0.05) is 6.92 Å². The molecule has 0 radical (unpaired) electrons. The van der Waals surface area contributed by atoms with Crippen LogP contribution in [0.15, 0.2) is 35.5 Å². The standard InChI is InChI=1S/C19H16F3N5O2S/c1-4-30(28,29)18-16(17-25-14-7-10(2)23-9-15(14)27(17)3)24-12-6-5-11(19(20,21)22)8-13(12)26-18/h5-9H,4H2,1-3H3. The van der Waals surface area contributed by atoms with Gasteiger partial charge in [0.2, 0.25) is 0 Å². The lowest BCUT2D eigenvalue weighted by Crippen LogP contribution is -2.12. The molecule has 11 heteroatoms. The highest BCUT2D eigenvalue weighted by molar-refractivity contribution is 7.91. The van der Waals surface area contributed by atoms with E-state index in [9.17, 15) is 21.6 Å². The first-order valence-electron chi connectivity index (χ1n) is 8.92. The average Bonchev–Trinajstić information content (AvgIpc) is 3.01. The van der Waals surface area contributed by atoms with Crippen LogP contribution in [0.2, 0.25) is 0 Å². The van der Waals surface area contributed by atoms with E-state index in [0.29, 0.717) is 11.0 Å². The number of sulfone groups is 1. The van der Waals surface area contributed by atoms with Gasteiger partial charge in [-0.25, -0.2) is 23.4 Å². The van der Waals surface area contributed by atoms with Crippen LogP contribution in [0.3, 0.4) is 0 Å². The second-order valence-corrected chi connectivity index (χ2v) is 8.98. The number of aryl methyl sites for hydroxylation is 2. The fourth-order valence-electron chi connectivity index (χ4n) is 3.11. The summed E-state index contributed by atoms with van der Waals surface area (Å²) in [6.45, 7) is 3.23. The van der Waals surface area contributed by atoms with Crippen molar-refractivity contribution in [1.29, 1.82) is 0 Å². The van der Waals surface area contributed by atoms with Crippen molar-refractivity contribution in [2.45, 2.75) is 25.0 Å². The summed E-state index contributed by atoms with van der Waals surface area (Å²) in [6.07, 6.45) is -2.97. The van der Waals surface area contributed by atoms with Crippen LogP contribution in [-0.4, -0.2) is 38.7 Å². The number of rotatable bonds is 3. The van der Waals surface area contributed by atoms with Crippen LogP contribution in [0, 0.1) is 6.92 Å². The predicted octanol–water partition coefficient (Wildman–Crippen LogP) is 3.70. The molecule has 0 atom stereocenters. The molecule has 0 amide bonds. The van der Waals surface area contributed by atoms with Crippen LogP contribution in [0.1, 0.15) is 18.2 Å². The normalized spacial score (nSPS) is 12.7. The molecule has 0 spiro atoms. The van der Waals surface area contributed by atoms with Gasteiger partial charge in [0, 0.05) is 12.7 Å². The van der Waals surface area contributed by atoms with Crippen molar-refractivity contribution >= 4 is 31.9 Å². The summed E-state index contributed by atoms with van der Waals surface area (Å²) < 4.78 is 66.3. The number of hydrogen-bond acceptors (Lipinski definition) is 6. The molecule has 0 aliphatic rings. The van der Waals surface area contributed by atoms with Crippen molar-refractivity contribution in [2.75, 3.05) is 5.75 Å². The van der Waals surface area contributed by atoms with E-state index < -0.39 is 26.6 Å². The Labute approximate surface area is 169 Å². The number of nitrogens with zero attached hydrogens (tertiary/aromatic N) is 5. The Bertz CT molecular complexity index is 1410. The van der Waals surface area contributed by atoms with Gasteiger partial charge in [-0.2, -0.15) is 13.2 Å². The maximum atomic E-state index is 13.1. The fourth-order valence-corrected chi connectivity index (χ4v) is 4.06. The fraction of sp³-hybridized carbons (Fsp3) is 0.263. The van der Waals surface area contributed by atoms with Crippen LogP contribution in [0.25, 0.3) is 33.6 Å². The van der Waals surface area contributed by atoms with Crippen LogP contribution >= 0.6 is 0 Å². The van der Waals surface area contributed by atoms with Crippen molar-refractivity contribution in [3.8, 4) is 11.5 Å². The van der Waals surface area contributed by atoms with Gasteiger partial charge in [-0.05, 0) is 31.2 Å². The quantitative estimate of drug-likeness (QED) is 0.487. The lowest BCUT2D eigenvalue weighted by Gasteiger charge is -2.11. The van der Waals surface area contributed by atoms with Gasteiger partial charge in [-0.3, -0.25) is 4.98 Å². The summed E-state index contributed by atoms with van der Waals surface area (Å²) in [5.74, 6) is -0.0530. The highest BCUT2D eigenvalue weighted by Crippen LogP contribution is 2.33. The molecule has 156 valence electrons. The number of halogens is 3. The van der Waals surface area contributed by atoms with E-state index in [1.807, 2.05) is 0 Å². The second kappa shape index (κ2) is 6.73. The molecule has 0 unspecified atom stereocenters. The van der Waals surface area contributed by atoms with Crippen molar-refractivity contribution in [1.82, 2.24) is 24.5 Å². The van der Waals surface area contributed by atoms with E-state index in [1.165, 1.54) is 13.0 Å². The molecule has 3 heterocycles. The van der Waals surface area contributed by atoms with Crippen molar-refractivity contribution in [3.05, 3.63) is 41.7 Å². The summed E-state index contributed by atoms with van der Waals surface area (Å²) in [5, 5.41) is -0.403. The summed E-state index contributed by atoms with van der Waals surface area (Å²) in [4.78, 5) is 17.1. The first-order valence-corrected chi connectivity index (χ1v) is 10.6. The zero-order valence-corrected chi connectivity index (χ0v) is 17.0. The Morgan fingerprint density at radius 3 is 2.43 bits per heavy atom. The summed E-state index contributed by atoms with van der Waals surface area (Å²) in [7, 11) is -2.22. The van der Waals surface area contributed by atoms with E-state index in [0.717, 1.165) is 17.8 Å². The molecular weight excluding hydrogens is 419 g/mol. The summed E-state index contributed by atoms with van der Waals surface area (Å²) >= 11 is 0. The third-order valence-electron chi connectivity index (χ3n) is 4.75. The topological polar surface area (TPSA) is 90.6 Å². The zero-order chi connectivity index (χ0) is 21.8. The highest BCUT2D eigenvalue weighted by atomic mass is 32.2. The third kappa shape index (κ3) is 3.28. The monoisotopic (exact) mass is 435 g/mol. The van der Waals surface area contributed by atoms with Gasteiger partial charge in [0.1, 0.15) is 5.69 Å². The van der Waals surface area contributed by atoms with Crippen LogP contribution < -0.4 is 0 Å². The molecule has 0 fully saturated rings. The van der Waals surface area contributed by atoms with Crippen molar-refractivity contribution in [2.24, 2.45) is 7.05 Å². The molecule has 30 heavy (non-hydrogen) atoms. The maximum Gasteiger partial charge on any atom is 0.416 e. The molecule has 0 saturated carbocycles. The Morgan fingerprint density at radius 2 is 1.77 bits per heavy atom. The molecular formula is C19H16F3N5O2S. The molecule has 4 aromatic rings. The summed E-state index contributed by atoms with van der Waals surface area (Å²) in [5.41, 5.74) is 1.02. The van der Waals surface area contributed by atoms with Gasteiger partial charge >= 0.3 is 6.18 Å². The summed E-state index contributed by atoms with van der Waals surface area (Å²) in [6, 6.07) is 4.60. The first kappa shape index (κ1) is 20.2. The number of aromatic nitrogens is 5. The predicted molar refractivity (Wildman–Crippen MR) is 105 cm³/mol. The van der Waals surface area contributed by atoms with Gasteiger partial charge in [0.25, 0.3) is 0 Å². The zero-order valence-electron chi connectivity index (χ0n) is 16.2. The molecule has 0 N–H and O–H groups in total. The molecule has 0 aliphatic heterocycles. The van der Waals surface area contributed by atoms with Crippen LogP contribution in [0.4, 0.5) is 13.2 Å². The smallest absolute Gasteiger partial charge is 0.324 e. The molecule has 7 nitrogen and oxygen atoms in total. The number of hydrogen-bond donors (Lipinski definition) is 0. The van der Waals surface area contributed by atoms with E-state index in [4.69, 9.17) is 0 Å². The van der Waals surface area contributed by atoms with Gasteiger partial charge in [0.05, 0.1) is 39.6 Å². The van der Waals surface area contributed by atoms with E-state index >= 15 is 0 Å². The average molecular weight is 435 g/mol. The van der Waals surface area contributed by atoms with Gasteiger partial charge in [-0.15, -0.1) is 0 Å². The SMILES string of the molecule is CCS(=O)(=O)c1nc2cc(C(F)(F)F)ccc2nc1-c1nc2cc(C)ncc2n1C. The van der Waals surface area contributed by atoms with E-state index in [2.05, 4.69) is 19.9 Å². The Balaban J connectivity index is 2.06. The first-order chi connectivity index (χ1) is 14.0. The molecule has 0 saturated heterocycles. The Hall–Kier alpha value is -3.08. The van der Waals surface area contributed by atoms with Gasteiger partial charge < -0.3 is 4.57 Å². The largest absolute Gasteiger partial charge is 0.416 e. The number of benzene rings is 1. The lowest BCUT2D eigenvalue weighted by atomic mass is 10.2. The molecule has 3 aromatic heterocycles. The minimum Gasteiger partial charge on any atom is -0.324 e. The maximum absolute atomic E-state index is 13.1. The minimum absolute atomic E-state index is 0.0135. The minimum atomic E-state index is -4.58. The highest BCUT2D eigenvalue weighted by Gasteiger charge is 2.32. The van der Waals surface area contributed by atoms with Crippen molar-refractivity contribution < 1.29 is 21.6 Å². The van der Waals surface area contributed by atoms with E-state index in [-0.39, 0.29) is 28.3 Å². The van der Waals surface area contributed by atoms with Crippen LogP contribution in [0.5, 0.6) is 0 Å². The van der Waals surface area contributed by atoms with Crippen molar-refractivity contribution in [3.63, 3.8) is 0 Å². The molecule has 1 aromatic carbocycles. The molecule has 0 bridgehead atoms. The number of fused-ring (bicyclic) bond motifs is 2. The van der Waals surface area contributed by atoms with Gasteiger partial charge in [0.15, 0.2) is 20.7 Å². The molecule has 4 rings (SSSR count). The number of pyridine rings is 1. The second-order valence-electron chi connectivity index (χ2n) is 6.79.